The van der Waals surface area contributed by atoms with Gasteiger partial charge >= 0.3 is 5.97 Å². The van der Waals surface area contributed by atoms with Crippen molar-refractivity contribution in [1.29, 1.82) is 0 Å². The molecular weight excluding hydrogens is 230 g/mol. The number of carboxylic acid groups (broad SMARTS) is 1. The highest BCUT2D eigenvalue weighted by atomic mass is 16.4. The van der Waals surface area contributed by atoms with Crippen LogP contribution < -0.4 is 0 Å². The Hall–Kier alpha value is -1.81. The molecule has 1 heterocycles. The Kier molecular flexibility index (Phi) is 3.39. The van der Waals surface area contributed by atoms with Crippen LogP contribution in [-0.2, 0) is 24.9 Å². The summed E-state index contributed by atoms with van der Waals surface area (Å²) < 4.78 is 2.07. The van der Waals surface area contributed by atoms with E-state index in [9.17, 15) is 9.90 Å². The van der Waals surface area contributed by atoms with Crippen LogP contribution in [0.2, 0.25) is 0 Å². The number of carboxylic acids is 1. The second-order valence-electron chi connectivity index (χ2n) is 4.53. The Bertz CT molecular complexity index is 599. The molecule has 96 valence electrons. The third kappa shape index (κ3) is 2.11. The minimum absolute atomic E-state index is 0.0567. The van der Waals surface area contributed by atoms with Crippen LogP contribution in [-0.4, -0.2) is 20.7 Å². The van der Waals surface area contributed by atoms with Gasteiger partial charge in [-0.25, -0.2) is 0 Å². The Balaban J connectivity index is 2.58. The van der Waals surface area contributed by atoms with Crippen LogP contribution in [0.3, 0.4) is 0 Å². The number of aromatic nitrogens is 1. The quantitative estimate of drug-likeness (QED) is 0.868. The van der Waals surface area contributed by atoms with Gasteiger partial charge in [0.15, 0.2) is 0 Å². The molecule has 0 atom stereocenters. The number of hydrogen-bond acceptors (Lipinski definition) is 2. The average molecular weight is 247 g/mol. The van der Waals surface area contributed by atoms with Crippen molar-refractivity contribution in [2.45, 2.75) is 26.4 Å². The predicted octanol–water partition coefficient (Wildman–Crippen LogP) is 2.00. The molecule has 0 unspecified atom stereocenters. The fourth-order valence-electron chi connectivity index (χ4n) is 2.32. The summed E-state index contributed by atoms with van der Waals surface area (Å²) in [7, 11) is 1.98. The third-order valence-corrected chi connectivity index (χ3v) is 3.43. The van der Waals surface area contributed by atoms with E-state index in [1.807, 2.05) is 32.2 Å². The number of benzene rings is 1. The van der Waals surface area contributed by atoms with Crippen molar-refractivity contribution < 1.29 is 15.0 Å². The zero-order valence-electron chi connectivity index (χ0n) is 10.6. The number of aliphatic hydroxyl groups is 1. The number of aryl methyl sites for hydroxylation is 3. The Morgan fingerprint density at radius 1 is 1.39 bits per heavy atom. The molecule has 2 aromatic rings. The fourth-order valence-corrected chi connectivity index (χ4v) is 2.32. The molecule has 0 saturated carbocycles. The molecule has 2 N–H and O–H groups in total. The van der Waals surface area contributed by atoms with Gasteiger partial charge in [-0.3, -0.25) is 4.79 Å². The van der Waals surface area contributed by atoms with Gasteiger partial charge in [0.2, 0.25) is 0 Å². The van der Waals surface area contributed by atoms with Crippen LogP contribution in [0, 0.1) is 6.92 Å². The van der Waals surface area contributed by atoms with Gasteiger partial charge in [-0.2, -0.15) is 0 Å². The highest BCUT2D eigenvalue weighted by Crippen LogP contribution is 2.26. The van der Waals surface area contributed by atoms with Gasteiger partial charge in [-0.1, -0.05) is 6.07 Å². The summed E-state index contributed by atoms with van der Waals surface area (Å²) in [4.78, 5) is 10.7. The lowest BCUT2D eigenvalue weighted by Crippen LogP contribution is -2.01. The van der Waals surface area contributed by atoms with E-state index < -0.39 is 5.97 Å². The van der Waals surface area contributed by atoms with E-state index in [0.717, 1.165) is 27.7 Å². The van der Waals surface area contributed by atoms with Gasteiger partial charge in [0, 0.05) is 30.1 Å². The number of nitrogens with zero attached hydrogens (tertiary/aromatic N) is 1. The zero-order valence-corrected chi connectivity index (χ0v) is 10.6. The van der Waals surface area contributed by atoms with Crippen LogP contribution in [0.4, 0.5) is 0 Å². The molecular formula is C14H17NO3. The van der Waals surface area contributed by atoms with E-state index in [1.165, 1.54) is 0 Å². The van der Waals surface area contributed by atoms with Crippen molar-refractivity contribution in [2.75, 3.05) is 0 Å². The second kappa shape index (κ2) is 4.82. The molecule has 4 heteroatoms. The Morgan fingerprint density at radius 2 is 2.11 bits per heavy atom. The molecule has 18 heavy (non-hydrogen) atoms. The number of aliphatic hydroxyl groups excluding tert-OH is 1. The molecule has 0 amide bonds. The largest absolute Gasteiger partial charge is 0.481 e. The SMILES string of the molecule is Cc1cc2c(CCC(=O)O)c(CO)ccc2n1C. The lowest BCUT2D eigenvalue weighted by atomic mass is 9.99. The molecule has 0 aliphatic carbocycles. The summed E-state index contributed by atoms with van der Waals surface area (Å²) in [5.41, 5.74) is 3.96. The highest BCUT2D eigenvalue weighted by molar-refractivity contribution is 5.86. The summed E-state index contributed by atoms with van der Waals surface area (Å²) in [5, 5.41) is 19.2. The van der Waals surface area contributed by atoms with Gasteiger partial charge < -0.3 is 14.8 Å². The van der Waals surface area contributed by atoms with Crippen LogP contribution in [0.15, 0.2) is 18.2 Å². The first kappa shape index (κ1) is 12.6. The summed E-state index contributed by atoms with van der Waals surface area (Å²) in [6.07, 6.45) is 0.534. The first-order chi connectivity index (χ1) is 8.54. The maximum Gasteiger partial charge on any atom is 0.303 e. The van der Waals surface area contributed by atoms with E-state index in [0.29, 0.717) is 6.42 Å². The smallest absolute Gasteiger partial charge is 0.303 e. The summed E-state index contributed by atoms with van der Waals surface area (Å²) in [6, 6.07) is 5.89. The Morgan fingerprint density at radius 3 is 2.72 bits per heavy atom. The molecule has 0 aliphatic rings. The molecule has 0 bridgehead atoms. The van der Waals surface area contributed by atoms with Crippen molar-refractivity contribution in [3.63, 3.8) is 0 Å². The lowest BCUT2D eigenvalue weighted by molar-refractivity contribution is -0.136. The molecule has 0 spiro atoms. The zero-order chi connectivity index (χ0) is 13.3. The number of carbonyl (C=O) groups is 1. The van der Waals surface area contributed by atoms with Crippen molar-refractivity contribution in [3.8, 4) is 0 Å². The minimum atomic E-state index is -0.816. The van der Waals surface area contributed by atoms with Crippen LogP contribution >= 0.6 is 0 Å². The molecule has 0 radical (unpaired) electrons. The van der Waals surface area contributed by atoms with Gasteiger partial charge in [-0.05, 0) is 36.6 Å². The third-order valence-electron chi connectivity index (χ3n) is 3.43. The van der Waals surface area contributed by atoms with Crippen LogP contribution in [0.1, 0.15) is 23.2 Å². The topological polar surface area (TPSA) is 62.5 Å². The summed E-state index contributed by atoms with van der Waals surface area (Å²) in [6.45, 7) is 1.96. The van der Waals surface area contributed by atoms with Gasteiger partial charge in [-0.15, -0.1) is 0 Å². The first-order valence-corrected chi connectivity index (χ1v) is 5.94. The number of fused-ring (bicyclic) bond motifs is 1. The van der Waals surface area contributed by atoms with Gasteiger partial charge in [0.1, 0.15) is 0 Å². The highest BCUT2D eigenvalue weighted by Gasteiger charge is 2.12. The van der Waals surface area contributed by atoms with Gasteiger partial charge in [0.05, 0.1) is 6.61 Å². The molecule has 0 saturated heterocycles. The van der Waals surface area contributed by atoms with Crippen LogP contribution in [0.5, 0.6) is 0 Å². The number of aliphatic carboxylic acids is 1. The second-order valence-corrected chi connectivity index (χ2v) is 4.53. The maximum absolute atomic E-state index is 10.7. The normalized spacial score (nSPS) is 11.1. The Labute approximate surface area is 105 Å². The summed E-state index contributed by atoms with van der Waals surface area (Å²) >= 11 is 0. The average Bonchev–Trinajstić information content (AvgIpc) is 2.62. The fraction of sp³-hybridized carbons (Fsp3) is 0.357. The van der Waals surface area contributed by atoms with Crippen molar-refractivity contribution in [2.24, 2.45) is 7.05 Å². The maximum atomic E-state index is 10.7. The van der Waals surface area contributed by atoms with E-state index in [2.05, 4.69) is 4.57 Å². The standard InChI is InChI=1S/C14H17NO3/c1-9-7-12-11(4-6-14(17)18)10(8-16)3-5-13(12)15(9)2/h3,5,7,16H,4,6,8H2,1-2H3,(H,17,18). The molecule has 1 aromatic carbocycles. The van der Waals surface area contributed by atoms with Gasteiger partial charge in [0.25, 0.3) is 0 Å². The van der Waals surface area contributed by atoms with E-state index in [4.69, 9.17) is 5.11 Å². The van der Waals surface area contributed by atoms with E-state index >= 15 is 0 Å². The molecule has 0 aliphatic heterocycles. The molecule has 2 rings (SSSR count). The van der Waals surface area contributed by atoms with Crippen molar-refractivity contribution >= 4 is 16.9 Å². The predicted molar refractivity (Wildman–Crippen MR) is 69.5 cm³/mol. The lowest BCUT2D eigenvalue weighted by Gasteiger charge is -2.09. The number of rotatable bonds is 4. The van der Waals surface area contributed by atoms with Crippen molar-refractivity contribution in [1.82, 2.24) is 4.57 Å². The van der Waals surface area contributed by atoms with E-state index in [-0.39, 0.29) is 13.0 Å². The monoisotopic (exact) mass is 247 g/mol. The van der Waals surface area contributed by atoms with E-state index in [1.54, 1.807) is 0 Å². The van der Waals surface area contributed by atoms with Crippen LogP contribution in [0.25, 0.3) is 10.9 Å². The first-order valence-electron chi connectivity index (χ1n) is 5.94. The molecule has 0 fully saturated rings. The van der Waals surface area contributed by atoms with Crippen molar-refractivity contribution in [3.05, 3.63) is 35.0 Å². The molecule has 4 nitrogen and oxygen atoms in total. The summed E-state index contributed by atoms with van der Waals surface area (Å²) in [5.74, 6) is -0.816. The minimum Gasteiger partial charge on any atom is -0.481 e. The number of hydrogen-bond donors (Lipinski definition) is 2. The molecule has 1 aromatic heterocycles.